The minimum atomic E-state index is -4.53. The van der Waals surface area contributed by atoms with Crippen LogP contribution < -0.4 is 11.4 Å². The molecule has 1 saturated heterocycles. The first kappa shape index (κ1) is 15.1. The zero-order valence-corrected chi connectivity index (χ0v) is 12.0. The molecular formula is C10H13N4O7P. The van der Waals surface area contributed by atoms with Gasteiger partial charge in [0.05, 0.1) is 19.0 Å². The quantitative estimate of drug-likeness (QED) is 0.636. The first-order chi connectivity index (χ1) is 10.3. The number of nitrogens with two attached hydrogens (primary N) is 1. The van der Waals surface area contributed by atoms with E-state index in [1.54, 1.807) is 0 Å². The lowest BCUT2D eigenvalue weighted by atomic mass is 10.2. The Morgan fingerprint density at radius 2 is 2.27 bits per heavy atom. The molecule has 11 nitrogen and oxygen atoms in total. The van der Waals surface area contributed by atoms with Crippen molar-refractivity contribution in [3.8, 4) is 0 Å². The maximum absolute atomic E-state index is 11.6. The lowest BCUT2D eigenvalue weighted by molar-refractivity contribution is -0.0205. The van der Waals surface area contributed by atoms with Gasteiger partial charge in [-0.2, -0.15) is 4.98 Å². The van der Waals surface area contributed by atoms with E-state index in [0.29, 0.717) is 12.8 Å². The van der Waals surface area contributed by atoms with Crippen molar-refractivity contribution in [2.75, 3.05) is 12.3 Å². The normalized spacial score (nSPS) is 22.5. The molecule has 0 saturated carbocycles. The third-order valence-electron chi connectivity index (χ3n) is 3.20. The minimum absolute atomic E-state index is 0.0349. The molecule has 0 amide bonds. The summed E-state index contributed by atoms with van der Waals surface area (Å²) in [4.78, 5) is 36.8. The number of nitrogen functional groups attached to an aromatic ring is 1. The van der Waals surface area contributed by atoms with Crippen molar-refractivity contribution in [2.45, 2.75) is 25.2 Å². The molecule has 1 aliphatic rings. The fraction of sp³-hybridized carbons (Fsp3) is 0.500. The van der Waals surface area contributed by atoms with Crippen LogP contribution in [0.2, 0.25) is 0 Å². The van der Waals surface area contributed by atoms with E-state index in [1.165, 1.54) is 10.9 Å². The van der Waals surface area contributed by atoms with Gasteiger partial charge in [-0.1, -0.05) is 0 Å². The van der Waals surface area contributed by atoms with E-state index in [0.717, 1.165) is 0 Å². The van der Waals surface area contributed by atoms with Crippen molar-refractivity contribution >= 4 is 25.0 Å². The molecule has 3 heterocycles. The van der Waals surface area contributed by atoms with Crippen LogP contribution in [0.3, 0.4) is 0 Å². The number of anilines is 1. The van der Waals surface area contributed by atoms with Crippen LogP contribution in [0.15, 0.2) is 15.5 Å². The molecule has 1 aliphatic heterocycles. The summed E-state index contributed by atoms with van der Waals surface area (Å²) < 4.78 is 26.9. The average Bonchev–Trinajstić information content (AvgIpc) is 3.01. The third-order valence-corrected chi connectivity index (χ3v) is 3.68. The Bertz CT molecular complexity index is 796. The number of phosphoric acid groups is 1. The van der Waals surface area contributed by atoms with Crippen LogP contribution in [0, 0.1) is 0 Å². The molecule has 4 N–H and O–H groups in total. The highest BCUT2D eigenvalue weighted by Gasteiger charge is 2.30. The van der Waals surface area contributed by atoms with E-state index >= 15 is 0 Å². The van der Waals surface area contributed by atoms with Gasteiger partial charge in [0.2, 0.25) is 0 Å². The van der Waals surface area contributed by atoms with Crippen LogP contribution in [-0.2, 0) is 13.8 Å². The predicted octanol–water partition coefficient (Wildman–Crippen LogP) is -0.246. The van der Waals surface area contributed by atoms with Crippen molar-refractivity contribution in [3.05, 3.63) is 16.7 Å². The largest absolute Gasteiger partial charge is 0.469 e. The number of imidazole rings is 1. The molecule has 22 heavy (non-hydrogen) atoms. The van der Waals surface area contributed by atoms with E-state index in [2.05, 4.69) is 18.9 Å². The van der Waals surface area contributed by atoms with Crippen LogP contribution >= 0.6 is 7.82 Å². The molecule has 2 aromatic rings. The summed E-state index contributed by atoms with van der Waals surface area (Å²) in [5.74, 6) is 0. The second-order valence-corrected chi connectivity index (χ2v) is 5.98. The highest BCUT2D eigenvalue weighted by atomic mass is 31.2. The molecule has 120 valence electrons. The highest BCUT2D eigenvalue weighted by molar-refractivity contribution is 7.46. The SMILES string of the molecule is Nc1nc2c(ncn2[C@H]2CC[C@@H](COP(=O)(O)O)O2)c(=O)o1. The van der Waals surface area contributed by atoms with Gasteiger partial charge >= 0.3 is 13.4 Å². The second kappa shape index (κ2) is 5.45. The summed E-state index contributed by atoms with van der Waals surface area (Å²) in [6.45, 7) is -0.231. The molecule has 3 rings (SSSR count). The molecular weight excluding hydrogens is 319 g/mol. The zero-order valence-electron chi connectivity index (χ0n) is 11.2. The average molecular weight is 332 g/mol. The Balaban J connectivity index is 1.79. The lowest BCUT2D eigenvalue weighted by Crippen LogP contribution is -2.16. The van der Waals surface area contributed by atoms with Gasteiger partial charge in [0.15, 0.2) is 11.2 Å². The van der Waals surface area contributed by atoms with Gasteiger partial charge < -0.3 is 24.7 Å². The first-order valence-electron chi connectivity index (χ1n) is 6.32. The van der Waals surface area contributed by atoms with Crippen LogP contribution in [0.25, 0.3) is 11.2 Å². The molecule has 0 spiro atoms. The van der Waals surface area contributed by atoms with Gasteiger partial charge in [0.1, 0.15) is 6.23 Å². The van der Waals surface area contributed by atoms with E-state index in [1.807, 2.05) is 0 Å². The Labute approximate surface area is 122 Å². The molecule has 12 heteroatoms. The highest BCUT2D eigenvalue weighted by Crippen LogP contribution is 2.38. The van der Waals surface area contributed by atoms with Crippen molar-refractivity contribution < 1.29 is 28.0 Å². The predicted molar refractivity (Wildman–Crippen MR) is 71.6 cm³/mol. The number of ether oxygens (including phenoxy) is 1. The van der Waals surface area contributed by atoms with Gasteiger partial charge in [0, 0.05) is 0 Å². The van der Waals surface area contributed by atoms with Gasteiger partial charge in [-0.25, -0.2) is 14.3 Å². The fourth-order valence-corrected chi connectivity index (χ4v) is 2.65. The Kier molecular flexibility index (Phi) is 3.75. The summed E-state index contributed by atoms with van der Waals surface area (Å²) in [5, 5.41) is 0. The maximum atomic E-state index is 11.6. The number of phosphoric ester groups is 1. The lowest BCUT2D eigenvalue weighted by Gasteiger charge is -2.15. The van der Waals surface area contributed by atoms with E-state index in [9.17, 15) is 9.36 Å². The maximum Gasteiger partial charge on any atom is 0.469 e. The Hall–Kier alpha value is -1.78. The summed E-state index contributed by atoms with van der Waals surface area (Å²) in [5.41, 5.74) is 4.98. The minimum Gasteiger partial charge on any atom is -0.388 e. The number of rotatable bonds is 4. The molecule has 0 radical (unpaired) electrons. The zero-order chi connectivity index (χ0) is 15.9. The number of hydrogen-bond acceptors (Lipinski definition) is 8. The van der Waals surface area contributed by atoms with Crippen LogP contribution in [0.4, 0.5) is 6.01 Å². The standard InChI is InChI=1S/C10H13N4O7P/c11-10-13-8-7(9(15)21-10)12-4-14(8)6-2-1-5(20-6)3-19-22(16,17)18/h4-6H,1-3H2,(H2,11,13)(H2,16,17,18)/t5-,6+/m0/s1. The van der Waals surface area contributed by atoms with E-state index in [-0.39, 0.29) is 23.8 Å². The molecule has 2 aromatic heterocycles. The Morgan fingerprint density at radius 1 is 1.50 bits per heavy atom. The number of hydrogen-bond donors (Lipinski definition) is 3. The van der Waals surface area contributed by atoms with Crippen molar-refractivity contribution in [2.24, 2.45) is 0 Å². The third kappa shape index (κ3) is 3.03. The topological polar surface area (TPSA) is 163 Å². The van der Waals surface area contributed by atoms with Crippen LogP contribution in [-0.4, -0.2) is 37.0 Å². The van der Waals surface area contributed by atoms with Gasteiger partial charge in [-0.05, 0) is 12.8 Å². The number of aromatic nitrogens is 3. The molecule has 2 atom stereocenters. The summed E-state index contributed by atoms with van der Waals surface area (Å²) in [7, 11) is -4.53. The van der Waals surface area contributed by atoms with E-state index in [4.69, 9.17) is 20.3 Å². The van der Waals surface area contributed by atoms with Gasteiger partial charge in [0.25, 0.3) is 6.01 Å². The van der Waals surface area contributed by atoms with Crippen LogP contribution in [0.1, 0.15) is 19.1 Å². The van der Waals surface area contributed by atoms with Crippen molar-refractivity contribution in [3.63, 3.8) is 0 Å². The molecule has 0 aliphatic carbocycles. The molecule has 0 aromatic carbocycles. The number of fused-ring (bicyclic) bond motifs is 1. The van der Waals surface area contributed by atoms with Crippen LogP contribution in [0.5, 0.6) is 0 Å². The fourth-order valence-electron chi connectivity index (χ4n) is 2.28. The van der Waals surface area contributed by atoms with Gasteiger partial charge in [-0.3, -0.25) is 9.09 Å². The number of nitrogens with zero attached hydrogens (tertiary/aromatic N) is 3. The van der Waals surface area contributed by atoms with E-state index < -0.39 is 25.8 Å². The van der Waals surface area contributed by atoms with Crippen molar-refractivity contribution in [1.82, 2.24) is 14.5 Å². The molecule has 0 bridgehead atoms. The summed E-state index contributed by atoms with van der Waals surface area (Å²) in [6.07, 6.45) is 1.49. The monoisotopic (exact) mass is 332 g/mol. The molecule has 1 fully saturated rings. The smallest absolute Gasteiger partial charge is 0.388 e. The summed E-state index contributed by atoms with van der Waals surface area (Å²) in [6, 6.07) is -0.279. The summed E-state index contributed by atoms with van der Waals surface area (Å²) >= 11 is 0. The van der Waals surface area contributed by atoms with Gasteiger partial charge in [-0.15, -0.1) is 0 Å². The molecule has 0 unspecified atom stereocenters. The Morgan fingerprint density at radius 3 is 3.00 bits per heavy atom. The second-order valence-electron chi connectivity index (χ2n) is 4.74. The first-order valence-corrected chi connectivity index (χ1v) is 7.85. The van der Waals surface area contributed by atoms with Crippen molar-refractivity contribution in [1.29, 1.82) is 0 Å².